The van der Waals surface area contributed by atoms with E-state index in [1.807, 2.05) is 36.4 Å². The molecule has 1 nitrogen and oxygen atoms in total. The van der Waals surface area contributed by atoms with E-state index in [1.54, 1.807) is 0 Å². The second-order valence-corrected chi connectivity index (χ2v) is 4.90. The van der Waals surface area contributed by atoms with E-state index in [2.05, 4.69) is 49.4 Å². The first-order valence-electron chi connectivity index (χ1n) is 6.47. The zero-order valence-corrected chi connectivity index (χ0v) is 10.9. The fourth-order valence-electron chi connectivity index (χ4n) is 2.15. The average Bonchev–Trinajstić information content (AvgIpc) is 2.46. The van der Waals surface area contributed by atoms with Gasteiger partial charge >= 0.3 is 0 Å². The van der Waals surface area contributed by atoms with Gasteiger partial charge in [0.1, 0.15) is 11.4 Å². The van der Waals surface area contributed by atoms with Gasteiger partial charge in [-0.1, -0.05) is 60.7 Å². The summed E-state index contributed by atoms with van der Waals surface area (Å²) in [6, 6.07) is 18.4. The number of rotatable bonds is 2. The van der Waals surface area contributed by atoms with Crippen molar-refractivity contribution in [1.29, 1.82) is 0 Å². The van der Waals surface area contributed by atoms with Gasteiger partial charge in [0.05, 0.1) is 0 Å². The van der Waals surface area contributed by atoms with Gasteiger partial charge in [-0.25, -0.2) is 0 Å². The molecule has 0 amide bonds. The highest BCUT2D eigenvalue weighted by atomic mass is 16.5. The van der Waals surface area contributed by atoms with E-state index in [4.69, 9.17) is 4.74 Å². The fourth-order valence-corrected chi connectivity index (χ4v) is 2.15. The molecule has 1 aliphatic rings. The van der Waals surface area contributed by atoms with Gasteiger partial charge in [0.15, 0.2) is 0 Å². The van der Waals surface area contributed by atoms with E-state index in [0.29, 0.717) is 0 Å². The first-order chi connectivity index (χ1) is 9.25. The van der Waals surface area contributed by atoms with Crippen LogP contribution in [0.25, 0.3) is 12.2 Å². The van der Waals surface area contributed by atoms with Crippen LogP contribution in [0.2, 0.25) is 0 Å². The van der Waals surface area contributed by atoms with Crippen LogP contribution in [0, 0.1) is 0 Å². The van der Waals surface area contributed by atoms with Crippen molar-refractivity contribution >= 4 is 12.2 Å². The molecule has 0 radical (unpaired) electrons. The minimum absolute atomic E-state index is 0.385. The van der Waals surface area contributed by atoms with E-state index in [-0.39, 0.29) is 5.60 Å². The number of fused-ring (bicyclic) bond motifs is 1. The third-order valence-corrected chi connectivity index (χ3v) is 3.25. The summed E-state index contributed by atoms with van der Waals surface area (Å²) in [4.78, 5) is 0. The lowest BCUT2D eigenvalue weighted by molar-refractivity contribution is 0.190. The lowest BCUT2D eigenvalue weighted by Gasteiger charge is -2.28. The quantitative estimate of drug-likeness (QED) is 0.756. The zero-order valence-electron chi connectivity index (χ0n) is 10.9. The van der Waals surface area contributed by atoms with Crippen LogP contribution in [0.4, 0.5) is 0 Å². The predicted molar refractivity (Wildman–Crippen MR) is 80.0 cm³/mol. The second kappa shape index (κ2) is 4.77. The molecule has 0 saturated heterocycles. The molecule has 0 N–H and O–H groups in total. The Labute approximate surface area is 113 Å². The van der Waals surface area contributed by atoms with E-state index in [1.165, 1.54) is 5.56 Å². The van der Waals surface area contributed by atoms with Gasteiger partial charge in [-0.3, -0.25) is 0 Å². The Morgan fingerprint density at radius 1 is 0.947 bits per heavy atom. The standard InChI is InChI=1S/C18H16O/c1-18(13-11-15-7-3-2-4-8-15)14-12-16-9-5-6-10-17(16)19-18/h2-14H,1H3/b13-11+. The molecule has 0 fully saturated rings. The maximum atomic E-state index is 6.07. The Balaban J connectivity index is 1.85. The molecule has 2 aromatic rings. The topological polar surface area (TPSA) is 9.23 Å². The molecule has 0 aromatic heterocycles. The van der Waals surface area contributed by atoms with Gasteiger partial charge in [0.2, 0.25) is 0 Å². The Bertz CT molecular complexity index is 625. The molecule has 1 aliphatic heterocycles. The van der Waals surface area contributed by atoms with Crippen molar-refractivity contribution in [2.24, 2.45) is 0 Å². The highest BCUT2D eigenvalue weighted by Crippen LogP contribution is 2.31. The van der Waals surface area contributed by atoms with E-state index in [0.717, 1.165) is 11.3 Å². The Morgan fingerprint density at radius 3 is 2.53 bits per heavy atom. The Morgan fingerprint density at radius 2 is 1.68 bits per heavy atom. The molecule has 0 spiro atoms. The van der Waals surface area contributed by atoms with Crippen LogP contribution < -0.4 is 4.74 Å². The molecule has 1 atom stereocenters. The number of para-hydroxylation sites is 1. The van der Waals surface area contributed by atoms with Crippen molar-refractivity contribution in [1.82, 2.24) is 0 Å². The van der Waals surface area contributed by atoms with Crippen LogP contribution >= 0.6 is 0 Å². The van der Waals surface area contributed by atoms with Crippen LogP contribution in [0.5, 0.6) is 5.75 Å². The van der Waals surface area contributed by atoms with Crippen molar-refractivity contribution in [3.8, 4) is 5.75 Å². The molecule has 19 heavy (non-hydrogen) atoms. The number of hydrogen-bond donors (Lipinski definition) is 0. The largest absolute Gasteiger partial charge is 0.479 e. The van der Waals surface area contributed by atoms with Gasteiger partial charge in [-0.05, 0) is 30.7 Å². The third kappa shape index (κ3) is 2.60. The van der Waals surface area contributed by atoms with Crippen LogP contribution in [-0.2, 0) is 0 Å². The summed E-state index contributed by atoms with van der Waals surface area (Å²) < 4.78 is 6.07. The SMILES string of the molecule is CC1(/C=C/c2ccccc2)C=Cc2ccccc2O1. The van der Waals surface area contributed by atoms with Crippen molar-refractivity contribution < 1.29 is 4.74 Å². The normalized spacial score (nSPS) is 21.1. The highest BCUT2D eigenvalue weighted by molar-refractivity contribution is 5.63. The Hall–Kier alpha value is -2.28. The van der Waals surface area contributed by atoms with E-state index < -0.39 is 0 Å². The summed E-state index contributed by atoms with van der Waals surface area (Å²) in [7, 11) is 0. The summed E-state index contributed by atoms with van der Waals surface area (Å²) in [5.41, 5.74) is 1.93. The molecule has 0 aliphatic carbocycles. The lowest BCUT2D eigenvalue weighted by Crippen LogP contribution is -2.29. The summed E-state index contributed by atoms with van der Waals surface area (Å²) in [5.74, 6) is 0.935. The Kier molecular flexibility index (Phi) is 2.96. The fraction of sp³-hybridized carbons (Fsp3) is 0.111. The summed E-state index contributed by atoms with van der Waals surface area (Å²) in [5, 5.41) is 0. The first kappa shape index (κ1) is 11.8. The van der Waals surface area contributed by atoms with Gasteiger partial charge in [-0.15, -0.1) is 0 Å². The van der Waals surface area contributed by atoms with Crippen LogP contribution in [-0.4, -0.2) is 5.60 Å². The van der Waals surface area contributed by atoms with Gasteiger partial charge in [0, 0.05) is 5.56 Å². The molecular formula is C18H16O. The molecule has 3 rings (SSSR count). The highest BCUT2D eigenvalue weighted by Gasteiger charge is 2.23. The smallest absolute Gasteiger partial charge is 0.143 e. The average molecular weight is 248 g/mol. The van der Waals surface area contributed by atoms with Crippen LogP contribution in [0.3, 0.4) is 0 Å². The number of ether oxygens (including phenoxy) is 1. The molecule has 0 bridgehead atoms. The first-order valence-corrected chi connectivity index (χ1v) is 6.47. The van der Waals surface area contributed by atoms with Crippen molar-refractivity contribution in [2.45, 2.75) is 12.5 Å². The van der Waals surface area contributed by atoms with Crippen molar-refractivity contribution in [2.75, 3.05) is 0 Å². The summed E-state index contributed by atoms with van der Waals surface area (Å²) >= 11 is 0. The summed E-state index contributed by atoms with van der Waals surface area (Å²) in [6.45, 7) is 2.07. The molecule has 0 saturated carbocycles. The van der Waals surface area contributed by atoms with Gasteiger partial charge in [-0.2, -0.15) is 0 Å². The molecular weight excluding hydrogens is 232 g/mol. The molecule has 2 aromatic carbocycles. The molecule has 1 heteroatoms. The van der Waals surface area contributed by atoms with Gasteiger partial charge in [0.25, 0.3) is 0 Å². The zero-order chi connectivity index (χ0) is 13.1. The van der Waals surface area contributed by atoms with Crippen LogP contribution in [0.15, 0.2) is 66.7 Å². The maximum Gasteiger partial charge on any atom is 0.143 e. The van der Waals surface area contributed by atoms with Crippen molar-refractivity contribution in [3.05, 3.63) is 77.9 Å². The van der Waals surface area contributed by atoms with Crippen molar-refractivity contribution in [3.63, 3.8) is 0 Å². The minimum atomic E-state index is -0.385. The lowest BCUT2D eigenvalue weighted by atomic mass is 9.99. The van der Waals surface area contributed by atoms with E-state index >= 15 is 0 Å². The third-order valence-electron chi connectivity index (χ3n) is 3.25. The monoisotopic (exact) mass is 248 g/mol. The number of benzene rings is 2. The van der Waals surface area contributed by atoms with E-state index in [9.17, 15) is 0 Å². The maximum absolute atomic E-state index is 6.07. The molecule has 1 unspecified atom stereocenters. The van der Waals surface area contributed by atoms with Gasteiger partial charge < -0.3 is 4.74 Å². The minimum Gasteiger partial charge on any atom is -0.479 e. The number of hydrogen-bond acceptors (Lipinski definition) is 1. The molecule has 1 heterocycles. The summed E-state index contributed by atoms with van der Waals surface area (Å²) in [6.07, 6.45) is 8.40. The molecule has 94 valence electrons. The predicted octanol–water partition coefficient (Wildman–Crippen LogP) is 4.56. The second-order valence-electron chi connectivity index (χ2n) is 4.90. The van der Waals surface area contributed by atoms with Crippen LogP contribution in [0.1, 0.15) is 18.1 Å².